The second kappa shape index (κ2) is 8.53. The number of rotatable bonds is 7. The molecule has 3 aromatic carbocycles. The van der Waals surface area contributed by atoms with Gasteiger partial charge in [0.15, 0.2) is 0 Å². The molecule has 0 atom stereocenters. The molecule has 4 rings (SSSR count). The van der Waals surface area contributed by atoms with Crippen molar-refractivity contribution in [2.24, 2.45) is 0 Å². The molecule has 0 N–H and O–H groups in total. The largest absolute Gasteiger partial charge is 0.494 e. The third-order valence-electron chi connectivity index (χ3n) is 4.65. The van der Waals surface area contributed by atoms with Crippen LogP contribution in [-0.4, -0.2) is 21.6 Å². The van der Waals surface area contributed by atoms with Crippen LogP contribution in [0.15, 0.2) is 85.1 Å². The Morgan fingerprint density at radius 1 is 0.786 bits per heavy atom. The first kappa shape index (κ1) is 18.0. The Labute approximate surface area is 165 Å². The van der Waals surface area contributed by atoms with Crippen LogP contribution >= 0.6 is 0 Å². The Balaban J connectivity index is 1.48. The van der Waals surface area contributed by atoms with Gasteiger partial charge in [0.25, 0.3) is 0 Å². The Hall–Kier alpha value is -3.40. The highest BCUT2D eigenvalue weighted by Crippen LogP contribution is 2.24. The summed E-state index contributed by atoms with van der Waals surface area (Å²) in [7, 11) is 0. The zero-order valence-corrected chi connectivity index (χ0v) is 16.0. The topological polar surface area (TPSA) is 39.9 Å². The first-order chi connectivity index (χ1) is 13.8. The van der Waals surface area contributed by atoms with Gasteiger partial charge in [0.1, 0.15) is 11.4 Å². The average Bonchev–Trinajstić information content (AvgIpc) is 3.25. The maximum absolute atomic E-state index is 5.71. The third kappa shape index (κ3) is 4.12. The van der Waals surface area contributed by atoms with E-state index in [0.717, 1.165) is 42.1 Å². The van der Waals surface area contributed by atoms with Crippen molar-refractivity contribution >= 4 is 0 Å². The number of hydrogen-bond acceptors (Lipinski definition) is 3. The van der Waals surface area contributed by atoms with Crippen molar-refractivity contribution in [3.05, 3.63) is 85.1 Å². The number of aromatic nitrogens is 3. The predicted octanol–water partition coefficient (Wildman–Crippen LogP) is 5.78. The number of benzene rings is 3. The lowest BCUT2D eigenvalue weighted by Gasteiger charge is -2.06. The van der Waals surface area contributed by atoms with Gasteiger partial charge in [-0.3, -0.25) is 0 Å². The van der Waals surface area contributed by atoms with Crippen LogP contribution < -0.4 is 4.74 Å². The molecule has 0 aliphatic heterocycles. The number of nitrogens with zero attached hydrogens (tertiary/aromatic N) is 3. The molecule has 1 heterocycles. The molecule has 4 aromatic rings. The standard InChI is InChI=1S/C24H23N3O/c1-2-3-17-28-23-15-13-22(14-16-23)27-18-24(25-26-27)21-11-9-20(10-12-21)19-7-5-4-6-8-19/h4-16,18H,2-3,17H2,1H3. The van der Waals surface area contributed by atoms with Crippen molar-refractivity contribution in [3.63, 3.8) is 0 Å². The molecule has 0 aliphatic rings. The second-order valence-electron chi connectivity index (χ2n) is 6.69. The Kier molecular flexibility index (Phi) is 5.48. The molecule has 28 heavy (non-hydrogen) atoms. The van der Waals surface area contributed by atoms with Crippen molar-refractivity contribution < 1.29 is 4.74 Å². The maximum Gasteiger partial charge on any atom is 0.119 e. The molecule has 0 amide bonds. The number of ether oxygens (including phenoxy) is 1. The summed E-state index contributed by atoms with van der Waals surface area (Å²) in [6, 6.07) is 26.7. The van der Waals surface area contributed by atoms with Crippen molar-refractivity contribution in [1.29, 1.82) is 0 Å². The van der Waals surface area contributed by atoms with Crippen LogP contribution in [0.1, 0.15) is 19.8 Å². The summed E-state index contributed by atoms with van der Waals surface area (Å²) in [5, 5.41) is 8.60. The molecule has 140 valence electrons. The van der Waals surface area contributed by atoms with Crippen molar-refractivity contribution in [3.8, 4) is 33.8 Å². The van der Waals surface area contributed by atoms with E-state index < -0.39 is 0 Å². The van der Waals surface area contributed by atoms with E-state index in [1.807, 2.05) is 36.5 Å². The molecule has 0 spiro atoms. The molecule has 0 bridgehead atoms. The minimum absolute atomic E-state index is 0.752. The zero-order valence-electron chi connectivity index (χ0n) is 16.0. The van der Waals surface area contributed by atoms with Gasteiger partial charge in [-0.05, 0) is 41.8 Å². The van der Waals surface area contributed by atoms with Gasteiger partial charge < -0.3 is 4.74 Å². The van der Waals surface area contributed by atoms with E-state index in [0.29, 0.717) is 0 Å². The fraction of sp³-hybridized carbons (Fsp3) is 0.167. The van der Waals surface area contributed by atoms with Crippen molar-refractivity contribution in [2.75, 3.05) is 6.61 Å². The first-order valence-electron chi connectivity index (χ1n) is 9.65. The zero-order chi connectivity index (χ0) is 19.2. The lowest BCUT2D eigenvalue weighted by atomic mass is 10.0. The molecule has 0 saturated heterocycles. The molecule has 4 nitrogen and oxygen atoms in total. The summed E-state index contributed by atoms with van der Waals surface area (Å²) in [4.78, 5) is 0. The minimum Gasteiger partial charge on any atom is -0.494 e. The van der Waals surface area contributed by atoms with Gasteiger partial charge in [-0.2, -0.15) is 0 Å². The summed E-state index contributed by atoms with van der Waals surface area (Å²) in [5.74, 6) is 0.883. The molecular weight excluding hydrogens is 346 g/mol. The van der Waals surface area contributed by atoms with E-state index in [1.165, 1.54) is 11.1 Å². The van der Waals surface area contributed by atoms with Crippen LogP contribution in [0.3, 0.4) is 0 Å². The molecular formula is C24H23N3O. The Bertz CT molecular complexity index is 1010. The third-order valence-corrected chi connectivity index (χ3v) is 4.65. The van der Waals surface area contributed by atoms with Gasteiger partial charge in [-0.15, -0.1) is 5.10 Å². The Morgan fingerprint density at radius 3 is 2.18 bits per heavy atom. The van der Waals surface area contributed by atoms with Crippen LogP contribution in [0.4, 0.5) is 0 Å². The quantitative estimate of drug-likeness (QED) is 0.388. The van der Waals surface area contributed by atoms with Crippen molar-refractivity contribution in [2.45, 2.75) is 19.8 Å². The molecule has 0 saturated carbocycles. The molecule has 4 heteroatoms. The van der Waals surface area contributed by atoms with Gasteiger partial charge in [0.2, 0.25) is 0 Å². The van der Waals surface area contributed by atoms with E-state index in [-0.39, 0.29) is 0 Å². The normalized spacial score (nSPS) is 10.8. The minimum atomic E-state index is 0.752. The SMILES string of the molecule is CCCCOc1ccc(-n2cc(-c3ccc(-c4ccccc4)cc3)nn2)cc1. The number of hydrogen-bond donors (Lipinski definition) is 0. The summed E-state index contributed by atoms with van der Waals surface area (Å²) in [5.41, 5.74) is 5.25. The van der Waals surface area contributed by atoms with Crippen LogP contribution in [0.5, 0.6) is 5.75 Å². The molecule has 0 fully saturated rings. The summed E-state index contributed by atoms with van der Waals surface area (Å²) in [6.07, 6.45) is 4.15. The Morgan fingerprint density at radius 2 is 1.46 bits per heavy atom. The lowest BCUT2D eigenvalue weighted by Crippen LogP contribution is -1.98. The summed E-state index contributed by atoms with van der Waals surface area (Å²) in [6.45, 7) is 2.91. The average molecular weight is 369 g/mol. The maximum atomic E-state index is 5.71. The lowest BCUT2D eigenvalue weighted by molar-refractivity contribution is 0.309. The van der Waals surface area contributed by atoms with Crippen LogP contribution in [0, 0.1) is 0 Å². The van der Waals surface area contributed by atoms with E-state index in [1.54, 1.807) is 4.68 Å². The van der Waals surface area contributed by atoms with Crippen molar-refractivity contribution in [1.82, 2.24) is 15.0 Å². The molecule has 1 aromatic heterocycles. The van der Waals surface area contributed by atoms with Crippen LogP contribution in [0.25, 0.3) is 28.1 Å². The van der Waals surface area contributed by atoms with Crippen LogP contribution in [-0.2, 0) is 0 Å². The summed E-state index contributed by atoms with van der Waals surface area (Å²) < 4.78 is 7.50. The molecule has 0 unspecified atom stereocenters. The molecule has 0 aliphatic carbocycles. The van der Waals surface area contributed by atoms with Crippen LogP contribution in [0.2, 0.25) is 0 Å². The van der Waals surface area contributed by atoms with E-state index in [2.05, 4.69) is 65.8 Å². The smallest absolute Gasteiger partial charge is 0.119 e. The van der Waals surface area contributed by atoms with E-state index in [9.17, 15) is 0 Å². The van der Waals surface area contributed by atoms with Gasteiger partial charge in [-0.1, -0.05) is 73.2 Å². The van der Waals surface area contributed by atoms with Gasteiger partial charge in [0.05, 0.1) is 18.5 Å². The highest BCUT2D eigenvalue weighted by atomic mass is 16.5. The second-order valence-corrected chi connectivity index (χ2v) is 6.69. The summed E-state index contributed by atoms with van der Waals surface area (Å²) >= 11 is 0. The highest BCUT2D eigenvalue weighted by molar-refractivity contribution is 5.68. The van der Waals surface area contributed by atoms with Gasteiger partial charge in [0, 0.05) is 5.56 Å². The van der Waals surface area contributed by atoms with Gasteiger partial charge >= 0.3 is 0 Å². The number of unbranched alkanes of at least 4 members (excludes halogenated alkanes) is 1. The predicted molar refractivity (Wildman–Crippen MR) is 113 cm³/mol. The fourth-order valence-corrected chi connectivity index (χ4v) is 3.02. The molecule has 0 radical (unpaired) electrons. The first-order valence-corrected chi connectivity index (χ1v) is 9.65. The van der Waals surface area contributed by atoms with Gasteiger partial charge in [-0.25, -0.2) is 4.68 Å². The van der Waals surface area contributed by atoms with E-state index in [4.69, 9.17) is 4.74 Å². The fourth-order valence-electron chi connectivity index (χ4n) is 3.02. The van der Waals surface area contributed by atoms with E-state index >= 15 is 0 Å². The highest BCUT2D eigenvalue weighted by Gasteiger charge is 2.06. The monoisotopic (exact) mass is 369 g/mol.